The lowest BCUT2D eigenvalue weighted by atomic mass is 10.1. The highest BCUT2D eigenvalue weighted by atomic mass is 32.1. The number of nitrogens with zero attached hydrogens (tertiary/aromatic N) is 2. The van der Waals surface area contributed by atoms with Gasteiger partial charge in [0.05, 0.1) is 13.7 Å². The molecule has 0 atom stereocenters. The maximum absolute atomic E-state index is 12.5. The summed E-state index contributed by atoms with van der Waals surface area (Å²) in [4.78, 5) is 16.8. The second kappa shape index (κ2) is 10.1. The van der Waals surface area contributed by atoms with Crippen LogP contribution in [0.1, 0.15) is 11.1 Å². The second-order valence-electron chi connectivity index (χ2n) is 7.60. The van der Waals surface area contributed by atoms with E-state index in [-0.39, 0.29) is 12.5 Å². The number of methoxy groups -OCH3 is 1. The van der Waals surface area contributed by atoms with E-state index in [4.69, 9.17) is 9.47 Å². The molecule has 4 rings (SSSR count). The molecule has 0 aliphatic carbocycles. The van der Waals surface area contributed by atoms with E-state index in [1.807, 2.05) is 17.0 Å². The summed E-state index contributed by atoms with van der Waals surface area (Å²) in [7, 11) is 1.68. The molecule has 0 radical (unpaired) electrons. The number of rotatable bonds is 8. The van der Waals surface area contributed by atoms with Gasteiger partial charge in [0.25, 0.3) is 0 Å². The summed E-state index contributed by atoms with van der Waals surface area (Å²) < 4.78 is 12.2. The number of piperazine rings is 1. The van der Waals surface area contributed by atoms with Gasteiger partial charge in [-0.3, -0.25) is 9.69 Å². The Balaban J connectivity index is 1.15. The van der Waals surface area contributed by atoms with Gasteiger partial charge in [-0.15, -0.1) is 11.3 Å². The van der Waals surface area contributed by atoms with E-state index in [9.17, 15) is 4.79 Å². The predicted octanol–water partition coefficient (Wildman–Crippen LogP) is 3.81. The molecule has 5 nitrogen and oxygen atoms in total. The van der Waals surface area contributed by atoms with E-state index in [1.54, 1.807) is 18.4 Å². The Morgan fingerprint density at radius 3 is 2.53 bits per heavy atom. The van der Waals surface area contributed by atoms with Gasteiger partial charge in [0.1, 0.15) is 12.4 Å². The molecule has 0 unspecified atom stereocenters. The number of amides is 1. The molecule has 1 amide bonds. The van der Waals surface area contributed by atoms with Crippen LogP contribution in [0.3, 0.4) is 0 Å². The molecule has 2 heterocycles. The zero-order valence-corrected chi connectivity index (χ0v) is 18.2. The number of carbonyl (C=O) groups excluding carboxylic acids is 1. The van der Waals surface area contributed by atoms with Gasteiger partial charge in [0.15, 0.2) is 0 Å². The summed E-state index contributed by atoms with van der Waals surface area (Å²) in [5.74, 6) is 0.967. The largest absolute Gasteiger partial charge is 0.497 e. The normalized spacial score (nSPS) is 14.9. The van der Waals surface area contributed by atoms with Crippen molar-refractivity contribution in [3.05, 3.63) is 65.0 Å². The van der Waals surface area contributed by atoms with Crippen LogP contribution in [0, 0.1) is 0 Å². The summed E-state index contributed by atoms with van der Waals surface area (Å²) >= 11 is 1.76. The monoisotopic (exact) mass is 424 g/mol. The molecule has 0 saturated carbocycles. The standard InChI is InChI=1S/C24H28N2O3S/c1-28-22-6-3-20(4-7-22)17-25-10-12-26(13-11-25)24(27)18-29-14-8-19-2-5-21-9-15-30-23(21)16-19/h2-7,9,15-16H,8,10-14,17-18H2,1H3. The lowest BCUT2D eigenvalue weighted by molar-refractivity contribution is -0.137. The van der Waals surface area contributed by atoms with Gasteiger partial charge in [-0.2, -0.15) is 0 Å². The van der Waals surface area contributed by atoms with E-state index >= 15 is 0 Å². The van der Waals surface area contributed by atoms with E-state index in [1.165, 1.54) is 21.2 Å². The number of fused-ring (bicyclic) bond motifs is 1. The molecule has 1 aliphatic heterocycles. The van der Waals surface area contributed by atoms with Crippen LogP contribution in [0.25, 0.3) is 10.1 Å². The van der Waals surface area contributed by atoms with Crippen LogP contribution in [0.4, 0.5) is 0 Å². The second-order valence-corrected chi connectivity index (χ2v) is 8.55. The number of hydrogen-bond acceptors (Lipinski definition) is 5. The van der Waals surface area contributed by atoms with Crippen molar-refractivity contribution in [2.24, 2.45) is 0 Å². The first kappa shape index (κ1) is 20.8. The van der Waals surface area contributed by atoms with E-state index < -0.39 is 0 Å². The highest BCUT2D eigenvalue weighted by Crippen LogP contribution is 2.22. The quantitative estimate of drug-likeness (QED) is 0.516. The number of ether oxygens (including phenoxy) is 2. The Bertz CT molecular complexity index is 962. The van der Waals surface area contributed by atoms with E-state index in [0.29, 0.717) is 6.61 Å². The molecule has 1 aliphatic rings. The van der Waals surface area contributed by atoms with Crippen molar-refractivity contribution >= 4 is 27.3 Å². The molecule has 30 heavy (non-hydrogen) atoms. The fraction of sp³-hybridized carbons (Fsp3) is 0.375. The minimum atomic E-state index is 0.0906. The molecule has 1 fully saturated rings. The Kier molecular flexibility index (Phi) is 7.00. The average Bonchev–Trinajstić information content (AvgIpc) is 3.25. The van der Waals surface area contributed by atoms with Crippen LogP contribution in [0.2, 0.25) is 0 Å². The number of carbonyl (C=O) groups is 1. The van der Waals surface area contributed by atoms with Crippen molar-refractivity contribution in [3.8, 4) is 5.75 Å². The topological polar surface area (TPSA) is 42.0 Å². The third kappa shape index (κ3) is 5.39. The molecule has 6 heteroatoms. The zero-order valence-electron chi connectivity index (χ0n) is 17.4. The fourth-order valence-corrected chi connectivity index (χ4v) is 4.59. The van der Waals surface area contributed by atoms with Crippen LogP contribution in [0.15, 0.2) is 53.9 Å². The van der Waals surface area contributed by atoms with Gasteiger partial charge in [-0.1, -0.05) is 24.3 Å². The molecule has 0 N–H and O–H groups in total. The van der Waals surface area contributed by atoms with Gasteiger partial charge in [0.2, 0.25) is 5.91 Å². The lowest BCUT2D eigenvalue weighted by Crippen LogP contribution is -2.49. The summed E-state index contributed by atoms with van der Waals surface area (Å²) in [5.41, 5.74) is 2.52. The van der Waals surface area contributed by atoms with Gasteiger partial charge in [0, 0.05) is 37.4 Å². The highest BCUT2D eigenvalue weighted by molar-refractivity contribution is 7.17. The first-order valence-electron chi connectivity index (χ1n) is 10.4. The van der Waals surface area contributed by atoms with Crippen molar-refractivity contribution in [3.63, 3.8) is 0 Å². The van der Waals surface area contributed by atoms with Crippen molar-refractivity contribution < 1.29 is 14.3 Å². The van der Waals surface area contributed by atoms with E-state index in [2.05, 4.69) is 46.7 Å². The average molecular weight is 425 g/mol. The maximum atomic E-state index is 12.5. The Morgan fingerprint density at radius 2 is 1.77 bits per heavy atom. The maximum Gasteiger partial charge on any atom is 0.248 e. The Morgan fingerprint density at radius 1 is 1.00 bits per heavy atom. The fourth-order valence-electron chi connectivity index (χ4n) is 3.74. The van der Waals surface area contributed by atoms with Gasteiger partial charge < -0.3 is 14.4 Å². The smallest absolute Gasteiger partial charge is 0.248 e. The zero-order chi connectivity index (χ0) is 20.8. The minimum Gasteiger partial charge on any atom is -0.497 e. The first-order chi connectivity index (χ1) is 14.7. The molecule has 1 saturated heterocycles. The third-order valence-corrected chi connectivity index (χ3v) is 6.45. The summed E-state index contributed by atoms with van der Waals surface area (Å²) in [5, 5.41) is 3.39. The van der Waals surface area contributed by atoms with Crippen LogP contribution in [-0.4, -0.2) is 62.2 Å². The number of benzene rings is 2. The predicted molar refractivity (Wildman–Crippen MR) is 121 cm³/mol. The summed E-state index contributed by atoms with van der Waals surface area (Å²) in [6.45, 7) is 4.93. The third-order valence-electron chi connectivity index (χ3n) is 5.57. The molecule has 158 valence electrons. The van der Waals surface area contributed by atoms with Crippen molar-refractivity contribution in [2.45, 2.75) is 13.0 Å². The molecular formula is C24H28N2O3S. The number of thiophene rings is 1. The van der Waals surface area contributed by atoms with Gasteiger partial charge in [-0.25, -0.2) is 0 Å². The summed E-state index contributed by atoms with van der Waals surface area (Å²) in [6, 6.07) is 16.8. The summed E-state index contributed by atoms with van der Waals surface area (Å²) in [6.07, 6.45) is 0.830. The minimum absolute atomic E-state index is 0.0906. The van der Waals surface area contributed by atoms with Gasteiger partial charge >= 0.3 is 0 Å². The molecule has 2 aromatic carbocycles. The molecular weight excluding hydrogens is 396 g/mol. The highest BCUT2D eigenvalue weighted by Gasteiger charge is 2.21. The molecule has 0 spiro atoms. The number of hydrogen-bond donors (Lipinski definition) is 0. The van der Waals surface area contributed by atoms with Gasteiger partial charge in [-0.05, 0) is 52.6 Å². The van der Waals surface area contributed by atoms with Crippen LogP contribution >= 0.6 is 11.3 Å². The Hall–Kier alpha value is -2.41. The Labute approximate surface area is 181 Å². The van der Waals surface area contributed by atoms with E-state index in [0.717, 1.165) is 44.9 Å². The molecule has 3 aromatic rings. The van der Waals surface area contributed by atoms with Crippen molar-refractivity contribution in [1.82, 2.24) is 9.80 Å². The van der Waals surface area contributed by atoms with Crippen molar-refractivity contribution in [1.29, 1.82) is 0 Å². The van der Waals surface area contributed by atoms with Crippen LogP contribution in [0.5, 0.6) is 5.75 Å². The first-order valence-corrected chi connectivity index (χ1v) is 11.3. The molecule has 0 bridgehead atoms. The van der Waals surface area contributed by atoms with Crippen LogP contribution in [-0.2, 0) is 22.5 Å². The molecule has 1 aromatic heterocycles. The lowest BCUT2D eigenvalue weighted by Gasteiger charge is -2.34. The van der Waals surface area contributed by atoms with Crippen LogP contribution < -0.4 is 4.74 Å². The SMILES string of the molecule is COc1ccc(CN2CCN(C(=O)COCCc3ccc4ccsc4c3)CC2)cc1. The van der Waals surface area contributed by atoms with Crippen molar-refractivity contribution in [2.75, 3.05) is 46.5 Å².